The molecule has 14 heteroatoms. The molecule has 0 saturated carbocycles. The molecule has 0 aliphatic heterocycles. The number of alkyl carbamates (subject to hydrolysis) is 1. The fourth-order valence-electron chi connectivity index (χ4n) is 4.17. The van der Waals surface area contributed by atoms with E-state index >= 15 is 0 Å². The van der Waals surface area contributed by atoms with Crippen LogP contribution in [0.3, 0.4) is 0 Å². The molecule has 0 unspecified atom stereocenters. The third-order valence-corrected chi connectivity index (χ3v) is 9.30. The molecule has 0 spiro atoms. The second kappa shape index (κ2) is 13.6. The first-order valence-electron chi connectivity index (χ1n) is 12.6. The smallest absolute Gasteiger partial charge is 0.475 e. The first-order chi connectivity index (χ1) is 20.1. The Morgan fingerprint density at radius 3 is 2.36 bits per heavy atom. The summed E-state index contributed by atoms with van der Waals surface area (Å²) in [6.45, 7) is 2.87. The van der Waals surface area contributed by atoms with E-state index in [1.807, 2.05) is 53.2 Å². The minimum absolute atomic E-state index is 0.183. The highest BCUT2D eigenvalue weighted by atomic mass is 32.2. The van der Waals surface area contributed by atoms with Gasteiger partial charge in [-0.25, -0.2) is 14.5 Å². The van der Waals surface area contributed by atoms with Crippen molar-refractivity contribution in [2.75, 3.05) is 18.9 Å². The molecule has 42 heavy (non-hydrogen) atoms. The van der Waals surface area contributed by atoms with Gasteiger partial charge >= 0.3 is 16.3 Å². The summed E-state index contributed by atoms with van der Waals surface area (Å²) < 4.78 is 30.2. The van der Waals surface area contributed by atoms with Crippen molar-refractivity contribution in [1.82, 2.24) is 15.2 Å². The Hall–Kier alpha value is -4.27. The average molecular weight is 628 g/mol. The van der Waals surface area contributed by atoms with Crippen LogP contribution in [0.5, 0.6) is 0 Å². The van der Waals surface area contributed by atoms with Gasteiger partial charge in [-0.1, -0.05) is 52.7 Å². The summed E-state index contributed by atoms with van der Waals surface area (Å²) in [6, 6.07) is 18.3. The van der Waals surface area contributed by atoms with Crippen molar-refractivity contribution in [3.8, 4) is 9.88 Å². The van der Waals surface area contributed by atoms with Gasteiger partial charge in [-0.15, -0.1) is 31.1 Å². The molecule has 0 aliphatic rings. The molecule has 0 fully saturated rings. The number of nitrogens with zero attached hydrogens (tertiary/aromatic N) is 3. The van der Waals surface area contributed by atoms with Crippen LogP contribution >= 0.6 is 22.7 Å². The molecule has 2 N–H and O–H groups in total. The third-order valence-electron chi connectivity index (χ3n) is 6.37. The number of benzene rings is 2. The van der Waals surface area contributed by atoms with Gasteiger partial charge in [0, 0.05) is 18.8 Å². The summed E-state index contributed by atoms with van der Waals surface area (Å²) in [4.78, 5) is 33.5. The summed E-state index contributed by atoms with van der Waals surface area (Å²) in [5.41, 5.74) is 2.49. The Labute approximate surface area is 251 Å². The molecular formula is C28H29N5O6S3. The van der Waals surface area contributed by atoms with Gasteiger partial charge in [0.15, 0.2) is 6.72 Å². The molecule has 2 amide bonds. The fourth-order valence-corrected chi connectivity index (χ4v) is 6.39. The van der Waals surface area contributed by atoms with Gasteiger partial charge in [-0.2, -0.15) is 0 Å². The lowest BCUT2D eigenvalue weighted by atomic mass is 10.00. The van der Waals surface area contributed by atoms with Crippen LogP contribution in [0.2, 0.25) is 0 Å². The van der Waals surface area contributed by atoms with Crippen LogP contribution in [0.4, 0.5) is 10.5 Å². The molecule has 2 aromatic carbocycles. The highest BCUT2D eigenvalue weighted by molar-refractivity contribution is 7.86. The normalized spacial score (nSPS) is 12.6. The Balaban J connectivity index is 1.64. The number of carbonyl (C=O) groups excluding carboxylic acids is 2. The van der Waals surface area contributed by atoms with Gasteiger partial charge in [0.05, 0.1) is 29.4 Å². The monoisotopic (exact) mass is 627 g/mol. The highest BCUT2D eigenvalue weighted by Gasteiger charge is 2.31. The zero-order valence-corrected chi connectivity index (χ0v) is 25.2. The van der Waals surface area contributed by atoms with Crippen LogP contribution in [0.1, 0.15) is 22.9 Å². The van der Waals surface area contributed by atoms with Crippen molar-refractivity contribution in [1.29, 1.82) is 0 Å². The Morgan fingerprint density at radius 1 is 1.05 bits per heavy atom. The Kier molecular flexibility index (Phi) is 9.93. The second-order valence-corrected chi connectivity index (χ2v) is 12.6. The van der Waals surface area contributed by atoms with E-state index in [0.717, 1.165) is 21.0 Å². The van der Waals surface area contributed by atoms with Crippen LogP contribution < -0.4 is 10.0 Å². The molecule has 0 bridgehead atoms. The van der Waals surface area contributed by atoms with Crippen molar-refractivity contribution >= 4 is 57.3 Å². The Morgan fingerprint density at radius 2 is 1.74 bits per heavy atom. The summed E-state index contributed by atoms with van der Waals surface area (Å²) in [7, 11) is -1.41. The summed E-state index contributed by atoms with van der Waals surface area (Å²) in [5.74, 6) is -0.338. The van der Waals surface area contributed by atoms with Crippen molar-refractivity contribution in [3.05, 3.63) is 99.5 Å². The van der Waals surface area contributed by atoms with Gasteiger partial charge in [0.25, 0.3) is 0 Å². The van der Waals surface area contributed by atoms with Gasteiger partial charge in [-0.3, -0.25) is 4.79 Å². The number of anilines is 1. The van der Waals surface area contributed by atoms with Crippen molar-refractivity contribution < 1.29 is 26.9 Å². The minimum atomic E-state index is -4.31. The molecular weight excluding hydrogens is 599 g/mol. The van der Waals surface area contributed by atoms with Crippen LogP contribution in [-0.4, -0.2) is 61.4 Å². The maximum Gasteiger partial charge on any atom is 0.475 e. The van der Waals surface area contributed by atoms with E-state index < -0.39 is 32.5 Å². The van der Waals surface area contributed by atoms with E-state index in [4.69, 9.17) is 9.72 Å². The quantitative estimate of drug-likeness (QED) is 0.102. The zero-order chi connectivity index (χ0) is 30.3. The van der Waals surface area contributed by atoms with Gasteiger partial charge in [-0.05, 0) is 41.1 Å². The number of amides is 2. The van der Waals surface area contributed by atoms with Crippen molar-refractivity contribution in [3.63, 3.8) is 0 Å². The SMILES string of the molecule is C=[N+]([O-])S(=O)(=O)Nc1ccc(C[C@@H](c2csc(-c3cccs3)n2)N(C)C(=O)[C@H](Cc2ccccc2)NC(=O)OC)cc1. The largest absolute Gasteiger partial charge is 0.607 e. The number of thiazole rings is 1. The lowest BCUT2D eigenvalue weighted by Crippen LogP contribution is -2.49. The van der Waals surface area contributed by atoms with Crippen LogP contribution in [0, 0.1) is 5.21 Å². The zero-order valence-electron chi connectivity index (χ0n) is 22.8. The molecule has 0 radical (unpaired) electrons. The maximum absolute atomic E-state index is 13.9. The number of hydrogen-bond acceptors (Lipinski definition) is 9. The molecule has 0 aliphatic carbocycles. The predicted molar refractivity (Wildman–Crippen MR) is 164 cm³/mol. The van der Waals surface area contributed by atoms with E-state index in [2.05, 4.69) is 16.8 Å². The first-order valence-corrected chi connectivity index (χ1v) is 15.8. The molecule has 4 rings (SSSR count). The van der Waals surface area contributed by atoms with Gasteiger partial charge in [0.1, 0.15) is 11.0 Å². The van der Waals surface area contributed by atoms with E-state index in [1.54, 1.807) is 35.4 Å². The molecule has 11 nitrogen and oxygen atoms in total. The van der Waals surface area contributed by atoms with Crippen molar-refractivity contribution in [2.45, 2.75) is 24.9 Å². The molecule has 220 valence electrons. The first kappa shape index (κ1) is 30.7. The third kappa shape index (κ3) is 7.72. The van der Waals surface area contributed by atoms with E-state index in [9.17, 15) is 23.2 Å². The number of hydrogen-bond donors (Lipinski definition) is 2. The number of ether oxygens (including phenoxy) is 1. The number of thiophene rings is 1. The van der Waals surface area contributed by atoms with Crippen LogP contribution in [-0.2, 0) is 32.6 Å². The summed E-state index contributed by atoms with van der Waals surface area (Å²) in [6.07, 6.45) is -0.136. The second-order valence-electron chi connectivity index (χ2n) is 9.21. The van der Waals surface area contributed by atoms with Crippen LogP contribution in [0.15, 0.2) is 77.5 Å². The number of likely N-dealkylation sites (N-methyl/N-ethyl adjacent to an activating group) is 1. The molecule has 4 aromatic rings. The summed E-state index contributed by atoms with van der Waals surface area (Å²) >= 11 is 3.03. The van der Waals surface area contributed by atoms with Gasteiger partial charge in [0.2, 0.25) is 5.91 Å². The van der Waals surface area contributed by atoms with E-state index in [0.29, 0.717) is 12.1 Å². The van der Waals surface area contributed by atoms with Crippen LogP contribution in [0.25, 0.3) is 9.88 Å². The van der Waals surface area contributed by atoms with Crippen molar-refractivity contribution in [2.24, 2.45) is 0 Å². The minimum Gasteiger partial charge on any atom is -0.607 e. The summed E-state index contributed by atoms with van der Waals surface area (Å²) in [5, 5.41) is 18.6. The maximum atomic E-state index is 13.9. The van der Waals surface area contributed by atoms with Gasteiger partial charge < -0.3 is 20.2 Å². The highest BCUT2D eigenvalue weighted by Crippen LogP contribution is 2.33. The van der Waals surface area contributed by atoms with E-state index in [1.165, 1.54) is 30.6 Å². The Bertz CT molecular complexity index is 1620. The topological polar surface area (TPSA) is 144 Å². The molecule has 0 saturated heterocycles. The molecule has 2 heterocycles. The standard InChI is InChI=1S/C28H29N5O6S3/c1-32(27(34)22(30-28(35)39-3)16-19-8-5-4-6-9-19)24(23-18-41-26(29-23)25-10-7-15-40-25)17-20-11-13-21(14-12-20)31-42(37,38)33(2)36/h4-15,18,22,24,31H,2,16-17H2,1,3H3,(H,30,35)/t22-,24-/m0/s1. The number of rotatable bonds is 12. The molecule has 2 aromatic heterocycles. The number of methoxy groups -OCH3 is 1. The fraction of sp³-hybridized carbons (Fsp3) is 0.214. The lowest BCUT2D eigenvalue weighted by Gasteiger charge is -2.31. The van der Waals surface area contributed by atoms with E-state index in [-0.39, 0.29) is 18.0 Å². The number of carbonyl (C=O) groups is 2. The lowest BCUT2D eigenvalue weighted by molar-refractivity contribution is -0.267. The predicted octanol–water partition coefficient (Wildman–Crippen LogP) is 4.45. The molecule has 2 atom stereocenters. The number of aromatic nitrogens is 1. The average Bonchev–Trinajstić information content (AvgIpc) is 3.69. The number of nitrogens with one attached hydrogen (secondary N) is 2.